The van der Waals surface area contributed by atoms with Gasteiger partial charge in [0.05, 0.1) is 16.7 Å². The number of nitrogens with one attached hydrogen (secondary N) is 1. The van der Waals surface area contributed by atoms with Gasteiger partial charge in [0, 0.05) is 21.3 Å². The largest absolute Gasteiger partial charge is 0.381 e. The SMILES string of the molecule is CCN(CC)CCCC(C)Nc1c2ccccc2nc2c(C)cc(Br)cc12. The second-order valence-electron chi connectivity index (χ2n) is 7.34. The van der Waals surface area contributed by atoms with Crippen LogP contribution in [0.25, 0.3) is 21.8 Å². The standard InChI is InChI=1S/C23H30BrN3/c1-5-27(6-2)13-9-10-17(4)25-23-19-11-7-8-12-21(19)26-22-16(3)14-18(24)15-20(22)23/h7-8,11-12,14-15,17H,5-6,9-10,13H2,1-4H3,(H,25,26). The van der Waals surface area contributed by atoms with E-state index in [1.165, 1.54) is 35.0 Å². The number of halogens is 1. The predicted molar refractivity (Wildman–Crippen MR) is 122 cm³/mol. The zero-order valence-electron chi connectivity index (χ0n) is 16.8. The lowest BCUT2D eigenvalue weighted by molar-refractivity contribution is 0.295. The summed E-state index contributed by atoms with van der Waals surface area (Å²) in [6, 6.07) is 13.2. The molecule has 0 radical (unpaired) electrons. The summed E-state index contributed by atoms with van der Waals surface area (Å²) in [5.41, 5.74) is 4.53. The number of para-hydroxylation sites is 1. The van der Waals surface area contributed by atoms with Crippen LogP contribution in [0.1, 0.15) is 39.2 Å². The summed E-state index contributed by atoms with van der Waals surface area (Å²) in [4.78, 5) is 7.42. The molecule has 2 aromatic carbocycles. The van der Waals surface area contributed by atoms with Crippen molar-refractivity contribution in [2.75, 3.05) is 25.0 Å². The molecular formula is C23H30BrN3. The van der Waals surface area contributed by atoms with E-state index in [4.69, 9.17) is 4.98 Å². The maximum Gasteiger partial charge on any atom is 0.0760 e. The minimum atomic E-state index is 0.411. The fourth-order valence-corrected chi connectivity index (χ4v) is 4.33. The zero-order chi connectivity index (χ0) is 19.4. The van der Waals surface area contributed by atoms with Crippen LogP contribution in [0.15, 0.2) is 40.9 Å². The van der Waals surface area contributed by atoms with Crippen LogP contribution in [0.2, 0.25) is 0 Å². The van der Waals surface area contributed by atoms with E-state index in [2.05, 4.69) is 90.2 Å². The molecule has 1 unspecified atom stereocenters. The highest BCUT2D eigenvalue weighted by molar-refractivity contribution is 9.10. The van der Waals surface area contributed by atoms with Gasteiger partial charge in [-0.2, -0.15) is 0 Å². The number of rotatable bonds is 8. The lowest BCUT2D eigenvalue weighted by Crippen LogP contribution is -2.25. The molecule has 0 fully saturated rings. The van der Waals surface area contributed by atoms with Crippen LogP contribution in [0, 0.1) is 6.92 Å². The van der Waals surface area contributed by atoms with Crippen LogP contribution < -0.4 is 5.32 Å². The van der Waals surface area contributed by atoms with Crippen LogP contribution in [0.5, 0.6) is 0 Å². The average Bonchev–Trinajstić information content (AvgIpc) is 2.66. The number of fused-ring (bicyclic) bond motifs is 2. The van der Waals surface area contributed by atoms with Gasteiger partial charge in [0.15, 0.2) is 0 Å². The predicted octanol–water partition coefficient (Wildman–Crippen LogP) is 6.38. The molecule has 0 aliphatic carbocycles. The summed E-state index contributed by atoms with van der Waals surface area (Å²) in [5, 5.41) is 6.20. The van der Waals surface area contributed by atoms with Gasteiger partial charge < -0.3 is 10.2 Å². The molecule has 1 N–H and O–H groups in total. The van der Waals surface area contributed by atoms with Gasteiger partial charge in [0.1, 0.15) is 0 Å². The summed E-state index contributed by atoms with van der Waals surface area (Å²) in [6.07, 6.45) is 2.36. The van der Waals surface area contributed by atoms with Crippen molar-refractivity contribution in [2.45, 2.75) is 46.6 Å². The number of aryl methyl sites for hydroxylation is 1. The van der Waals surface area contributed by atoms with Crippen LogP contribution >= 0.6 is 15.9 Å². The van der Waals surface area contributed by atoms with Crippen molar-refractivity contribution in [3.63, 3.8) is 0 Å². The van der Waals surface area contributed by atoms with Crippen molar-refractivity contribution in [1.82, 2.24) is 9.88 Å². The monoisotopic (exact) mass is 427 g/mol. The quantitative estimate of drug-likeness (QED) is 0.422. The van der Waals surface area contributed by atoms with E-state index < -0.39 is 0 Å². The first-order valence-electron chi connectivity index (χ1n) is 10.0. The van der Waals surface area contributed by atoms with Gasteiger partial charge in [-0.25, -0.2) is 4.98 Å². The first-order valence-corrected chi connectivity index (χ1v) is 10.8. The van der Waals surface area contributed by atoms with Gasteiger partial charge in [-0.1, -0.05) is 48.0 Å². The minimum absolute atomic E-state index is 0.411. The van der Waals surface area contributed by atoms with E-state index in [-0.39, 0.29) is 0 Å². The van der Waals surface area contributed by atoms with Crippen molar-refractivity contribution >= 4 is 43.4 Å². The molecule has 0 spiro atoms. The minimum Gasteiger partial charge on any atom is -0.381 e. The molecule has 0 aliphatic rings. The van der Waals surface area contributed by atoms with Crippen LogP contribution in [0.4, 0.5) is 5.69 Å². The van der Waals surface area contributed by atoms with Crippen LogP contribution in [0.3, 0.4) is 0 Å². The fourth-order valence-electron chi connectivity index (χ4n) is 3.76. The van der Waals surface area contributed by atoms with Crippen molar-refractivity contribution in [2.24, 2.45) is 0 Å². The third-order valence-electron chi connectivity index (χ3n) is 5.34. The molecule has 4 heteroatoms. The van der Waals surface area contributed by atoms with E-state index in [1.54, 1.807) is 0 Å². The van der Waals surface area contributed by atoms with Gasteiger partial charge in [0.25, 0.3) is 0 Å². The smallest absolute Gasteiger partial charge is 0.0760 e. The zero-order valence-corrected chi connectivity index (χ0v) is 18.4. The fraction of sp³-hybridized carbons (Fsp3) is 0.435. The topological polar surface area (TPSA) is 28.2 Å². The summed E-state index contributed by atoms with van der Waals surface area (Å²) < 4.78 is 1.10. The molecule has 1 atom stereocenters. The third-order valence-corrected chi connectivity index (χ3v) is 5.79. The molecule has 0 saturated heterocycles. The van der Waals surface area contributed by atoms with Gasteiger partial charge in [0.2, 0.25) is 0 Å². The molecule has 3 rings (SSSR count). The lowest BCUT2D eigenvalue weighted by atomic mass is 10.0. The number of hydrogen-bond acceptors (Lipinski definition) is 3. The highest BCUT2D eigenvalue weighted by Gasteiger charge is 2.14. The summed E-state index contributed by atoms with van der Waals surface area (Å²) in [5.74, 6) is 0. The summed E-state index contributed by atoms with van der Waals surface area (Å²) >= 11 is 3.66. The van der Waals surface area contributed by atoms with Crippen molar-refractivity contribution in [3.05, 3.63) is 46.4 Å². The second kappa shape index (κ2) is 9.03. The molecule has 0 saturated carbocycles. The first-order chi connectivity index (χ1) is 13.0. The van der Waals surface area contributed by atoms with Gasteiger partial charge in [-0.15, -0.1) is 0 Å². The Morgan fingerprint density at radius 3 is 2.59 bits per heavy atom. The van der Waals surface area contributed by atoms with Crippen molar-refractivity contribution < 1.29 is 0 Å². The molecule has 0 bridgehead atoms. The van der Waals surface area contributed by atoms with Gasteiger partial charge in [-0.3, -0.25) is 0 Å². The molecule has 3 nitrogen and oxygen atoms in total. The Labute approximate surface area is 171 Å². The van der Waals surface area contributed by atoms with E-state index >= 15 is 0 Å². The Balaban J connectivity index is 1.91. The Kier molecular flexibility index (Phi) is 6.72. The maximum atomic E-state index is 4.93. The Bertz CT molecular complexity index is 918. The number of hydrogen-bond donors (Lipinski definition) is 1. The molecular weight excluding hydrogens is 398 g/mol. The number of pyridine rings is 1. The van der Waals surface area contributed by atoms with E-state index in [0.717, 1.165) is 35.0 Å². The van der Waals surface area contributed by atoms with Crippen molar-refractivity contribution in [3.8, 4) is 0 Å². The Morgan fingerprint density at radius 2 is 1.85 bits per heavy atom. The van der Waals surface area contributed by atoms with Crippen LogP contribution in [-0.2, 0) is 0 Å². The second-order valence-corrected chi connectivity index (χ2v) is 8.25. The Hall–Kier alpha value is -1.65. The Morgan fingerprint density at radius 1 is 1.11 bits per heavy atom. The number of benzene rings is 2. The third kappa shape index (κ3) is 4.61. The van der Waals surface area contributed by atoms with Gasteiger partial charge in [-0.05, 0) is 70.1 Å². The maximum absolute atomic E-state index is 4.93. The lowest BCUT2D eigenvalue weighted by Gasteiger charge is -2.22. The normalized spacial score (nSPS) is 12.8. The van der Waals surface area contributed by atoms with E-state index in [0.29, 0.717) is 6.04 Å². The molecule has 144 valence electrons. The van der Waals surface area contributed by atoms with Gasteiger partial charge >= 0.3 is 0 Å². The average molecular weight is 428 g/mol. The molecule has 0 amide bonds. The summed E-state index contributed by atoms with van der Waals surface area (Å²) in [6.45, 7) is 12.3. The van der Waals surface area contributed by atoms with E-state index in [9.17, 15) is 0 Å². The summed E-state index contributed by atoms with van der Waals surface area (Å²) in [7, 11) is 0. The highest BCUT2D eigenvalue weighted by Crippen LogP contribution is 2.34. The number of anilines is 1. The van der Waals surface area contributed by atoms with E-state index in [1.807, 2.05) is 0 Å². The molecule has 0 aliphatic heterocycles. The molecule has 1 aromatic heterocycles. The van der Waals surface area contributed by atoms with Crippen molar-refractivity contribution in [1.29, 1.82) is 0 Å². The molecule has 27 heavy (non-hydrogen) atoms. The molecule has 1 heterocycles. The number of nitrogens with zero attached hydrogens (tertiary/aromatic N) is 2. The number of aromatic nitrogens is 1. The molecule has 3 aromatic rings. The first kappa shape index (κ1) is 20.1. The highest BCUT2D eigenvalue weighted by atomic mass is 79.9. The van der Waals surface area contributed by atoms with Crippen LogP contribution in [-0.4, -0.2) is 35.6 Å².